The van der Waals surface area contributed by atoms with Crippen LogP contribution in [0.5, 0.6) is 0 Å². The molecule has 3 aliphatic rings. The van der Waals surface area contributed by atoms with Crippen LogP contribution >= 0.6 is 0 Å². The standard InChI is InChI=1S/C12H20N2O2/c1-12(2)8-16-14(11(12)15)7-10-6-13-4-3-9(10)5-13/h9-10H,3-8H2,1-2H3. The minimum Gasteiger partial charge on any atom is -0.303 e. The van der Waals surface area contributed by atoms with Gasteiger partial charge in [-0.25, -0.2) is 5.06 Å². The Hall–Kier alpha value is -0.610. The van der Waals surface area contributed by atoms with Crippen LogP contribution in [0.15, 0.2) is 0 Å². The molecular weight excluding hydrogens is 204 g/mol. The van der Waals surface area contributed by atoms with Gasteiger partial charge < -0.3 is 4.90 Å². The van der Waals surface area contributed by atoms with Crippen LogP contribution in [-0.2, 0) is 9.63 Å². The van der Waals surface area contributed by atoms with E-state index in [1.54, 1.807) is 5.06 Å². The first kappa shape index (κ1) is 10.5. The maximum absolute atomic E-state index is 12.0. The number of piperidine rings is 1. The second-order valence-electron chi connectivity index (χ2n) is 6.09. The molecule has 0 aromatic carbocycles. The summed E-state index contributed by atoms with van der Waals surface area (Å²) in [6.45, 7) is 8.88. The number of hydrogen-bond donors (Lipinski definition) is 0. The highest BCUT2D eigenvalue weighted by Gasteiger charge is 2.44. The van der Waals surface area contributed by atoms with E-state index in [4.69, 9.17) is 4.84 Å². The van der Waals surface area contributed by atoms with Gasteiger partial charge in [0.1, 0.15) is 0 Å². The predicted molar refractivity (Wildman–Crippen MR) is 59.5 cm³/mol. The van der Waals surface area contributed by atoms with E-state index in [-0.39, 0.29) is 11.3 Å². The number of rotatable bonds is 2. The summed E-state index contributed by atoms with van der Waals surface area (Å²) in [4.78, 5) is 20.0. The van der Waals surface area contributed by atoms with E-state index in [2.05, 4.69) is 4.90 Å². The zero-order chi connectivity index (χ0) is 11.3. The third kappa shape index (κ3) is 1.55. The second-order valence-corrected chi connectivity index (χ2v) is 6.09. The summed E-state index contributed by atoms with van der Waals surface area (Å²) in [7, 11) is 0. The van der Waals surface area contributed by atoms with Crippen LogP contribution in [-0.4, -0.2) is 48.7 Å². The van der Waals surface area contributed by atoms with Gasteiger partial charge in [0.15, 0.2) is 0 Å². The maximum Gasteiger partial charge on any atom is 0.254 e. The molecule has 0 aromatic heterocycles. The van der Waals surface area contributed by atoms with Gasteiger partial charge in [0.05, 0.1) is 18.6 Å². The highest BCUT2D eigenvalue weighted by molar-refractivity contribution is 5.82. The smallest absolute Gasteiger partial charge is 0.254 e. The molecule has 3 atom stereocenters. The van der Waals surface area contributed by atoms with Crippen LogP contribution in [0.25, 0.3) is 0 Å². The molecule has 3 rings (SSSR count). The third-order valence-corrected chi connectivity index (χ3v) is 4.26. The molecule has 4 nitrogen and oxygen atoms in total. The molecule has 0 saturated carbocycles. The van der Waals surface area contributed by atoms with E-state index in [0.29, 0.717) is 12.5 Å². The number of nitrogens with zero attached hydrogens (tertiary/aromatic N) is 2. The highest BCUT2D eigenvalue weighted by Crippen LogP contribution is 2.35. The molecule has 0 spiro atoms. The molecule has 3 heterocycles. The maximum atomic E-state index is 12.0. The van der Waals surface area contributed by atoms with Gasteiger partial charge in [0.2, 0.25) is 0 Å². The quantitative estimate of drug-likeness (QED) is 0.693. The lowest BCUT2D eigenvalue weighted by Gasteiger charge is -2.26. The second kappa shape index (κ2) is 3.44. The van der Waals surface area contributed by atoms with Crippen LogP contribution in [0.4, 0.5) is 0 Å². The van der Waals surface area contributed by atoms with Crippen LogP contribution < -0.4 is 0 Å². The van der Waals surface area contributed by atoms with E-state index >= 15 is 0 Å². The molecular formula is C12H20N2O2. The van der Waals surface area contributed by atoms with Gasteiger partial charge in [0.25, 0.3) is 5.91 Å². The van der Waals surface area contributed by atoms with Crippen molar-refractivity contribution in [1.82, 2.24) is 9.96 Å². The van der Waals surface area contributed by atoms with Gasteiger partial charge in [-0.3, -0.25) is 9.63 Å². The van der Waals surface area contributed by atoms with Crippen molar-refractivity contribution in [1.29, 1.82) is 0 Å². The molecule has 3 fully saturated rings. The highest BCUT2D eigenvalue weighted by atomic mass is 16.7. The van der Waals surface area contributed by atoms with Gasteiger partial charge >= 0.3 is 0 Å². The molecule has 2 bridgehead atoms. The fourth-order valence-electron chi connectivity index (χ4n) is 3.15. The van der Waals surface area contributed by atoms with Crippen molar-refractivity contribution >= 4 is 5.91 Å². The molecule has 0 aliphatic carbocycles. The summed E-state index contributed by atoms with van der Waals surface area (Å²) in [5.74, 6) is 1.58. The lowest BCUT2D eigenvalue weighted by molar-refractivity contribution is -0.166. The number of amides is 1. The normalized spacial score (nSPS) is 41.0. The topological polar surface area (TPSA) is 32.8 Å². The van der Waals surface area contributed by atoms with Gasteiger partial charge in [-0.15, -0.1) is 0 Å². The van der Waals surface area contributed by atoms with Crippen LogP contribution in [0, 0.1) is 17.3 Å². The van der Waals surface area contributed by atoms with Gasteiger partial charge in [0, 0.05) is 13.1 Å². The Balaban J connectivity index is 1.62. The molecule has 3 saturated heterocycles. The molecule has 0 aromatic rings. The zero-order valence-electron chi connectivity index (χ0n) is 10.1. The first-order valence-corrected chi connectivity index (χ1v) is 6.23. The number of hydrogen-bond acceptors (Lipinski definition) is 3. The zero-order valence-corrected chi connectivity index (χ0v) is 10.1. The van der Waals surface area contributed by atoms with Crippen LogP contribution in [0.2, 0.25) is 0 Å². The Bertz CT molecular complexity index is 316. The van der Waals surface area contributed by atoms with E-state index in [0.717, 1.165) is 19.0 Å². The van der Waals surface area contributed by atoms with E-state index < -0.39 is 0 Å². The first-order chi connectivity index (χ1) is 7.56. The molecule has 16 heavy (non-hydrogen) atoms. The molecule has 1 amide bonds. The van der Waals surface area contributed by atoms with E-state index in [1.165, 1.54) is 19.5 Å². The number of carbonyl (C=O) groups is 1. The van der Waals surface area contributed by atoms with Crippen molar-refractivity contribution in [2.45, 2.75) is 20.3 Å². The summed E-state index contributed by atoms with van der Waals surface area (Å²) in [5.41, 5.74) is -0.322. The number of carbonyl (C=O) groups excluding carboxylic acids is 1. The van der Waals surface area contributed by atoms with Crippen molar-refractivity contribution in [3.63, 3.8) is 0 Å². The van der Waals surface area contributed by atoms with Gasteiger partial charge in [-0.1, -0.05) is 0 Å². The Morgan fingerprint density at radius 3 is 2.75 bits per heavy atom. The monoisotopic (exact) mass is 224 g/mol. The Morgan fingerprint density at radius 1 is 1.44 bits per heavy atom. The number of fused-ring (bicyclic) bond motifs is 2. The fourth-order valence-corrected chi connectivity index (χ4v) is 3.15. The number of hydroxylamine groups is 2. The average Bonchev–Trinajstić information content (AvgIpc) is 2.89. The Morgan fingerprint density at radius 2 is 2.25 bits per heavy atom. The Kier molecular flexibility index (Phi) is 2.27. The van der Waals surface area contributed by atoms with Crippen molar-refractivity contribution in [3.05, 3.63) is 0 Å². The van der Waals surface area contributed by atoms with Crippen molar-refractivity contribution in [2.75, 3.05) is 32.8 Å². The average molecular weight is 224 g/mol. The molecule has 0 radical (unpaired) electrons. The SMILES string of the molecule is CC1(C)CON(CC2CN3CCC2C3)C1=O. The lowest BCUT2D eigenvalue weighted by Crippen LogP contribution is -2.38. The van der Waals surface area contributed by atoms with Gasteiger partial charge in [-0.05, 0) is 38.6 Å². The van der Waals surface area contributed by atoms with E-state index in [9.17, 15) is 4.79 Å². The molecule has 3 aliphatic heterocycles. The molecule has 90 valence electrons. The lowest BCUT2D eigenvalue weighted by atomic mass is 9.91. The van der Waals surface area contributed by atoms with Gasteiger partial charge in [-0.2, -0.15) is 0 Å². The summed E-state index contributed by atoms with van der Waals surface area (Å²) >= 11 is 0. The third-order valence-electron chi connectivity index (χ3n) is 4.26. The minimum atomic E-state index is -0.322. The first-order valence-electron chi connectivity index (χ1n) is 6.23. The molecule has 3 unspecified atom stereocenters. The molecule has 0 N–H and O–H groups in total. The van der Waals surface area contributed by atoms with Crippen molar-refractivity contribution in [2.24, 2.45) is 17.3 Å². The van der Waals surface area contributed by atoms with Crippen molar-refractivity contribution < 1.29 is 9.63 Å². The van der Waals surface area contributed by atoms with E-state index in [1.807, 2.05) is 13.8 Å². The minimum absolute atomic E-state index is 0.158. The van der Waals surface area contributed by atoms with Crippen molar-refractivity contribution in [3.8, 4) is 0 Å². The summed E-state index contributed by atoms with van der Waals surface area (Å²) in [6.07, 6.45) is 1.30. The summed E-state index contributed by atoms with van der Waals surface area (Å²) in [6, 6.07) is 0. The summed E-state index contributed by atoms with van der Waals surface area (Å²) < 4.78 is 0. The largest absolute Gasteiger partial charge is 0.303 e. The molecule has 4 heteroatoms. The predicted octanol–water partition coefficient (Wildman–Crippen LogP) is 0.738. The summed E-state index contributed by atoms with van der Waals surface area (Å²) in [5, 5.41) is 1.62. The van der Waals surface area contributed by atoms with Crippen LogP contribution in [0.1, 0.15) is 20.3 Å². The fraction of sp³-hybridized carbons (Fsp3) is 0.917. The Labute approximate surface area is 96.5 Å². The van der Waals surface area contributed by atoms with Crippen LogP contribution in [0.3, 0.4) is 0 Å².